The lowest BCUT2D eigenvalue weighted by Gasteiger charge is -2.24. The van der Waals surface area contributed by atoms with E-state index in [4.69, 9.17) is 4.74 Å². The second-order valence-electron chi connectivity index (χ2n) is 3.99. The third kappa shape index (κ3) is 1.50. The van der Waals surface area contributed by atoms with Crippen LogP contribution in [0.4, 0.5) is 4.79 Å². The van der Waals surface area contributed by atoms with Crippen LogP contribution in [0, 0.1) is 11.8 Å². The van der Waals surface area contributed by atoms with E-state index in [0.717, 1.165) is 19.3 Å². The maximum absolute atomic E-state index is 10.9. The molecule has 4 heteroatoms. The maximum Gasteiger partial charge on any atom is 0.407 e. The monoisotopic (exact) mass is 185 g/mol. The Morgan fingerprint density at radius 3 is 2.62 bits per heavy atom. The van der Waals surface area contributed by atoms with Crippen molar-refractivity contribution in [2.45, 2.75) is 31.5 Å². The number of alkyl carbamates (subject to hydrolysis) is 1. The molecule has 0 radical (unpaired) electrons. The second kappa shape index (κ2) is 3.18. The molecule has 2 bridgehead atoms. The van der Waals surface area contributed by atoms with E-state index < -0.39 is 0 Å². The molecule has 3 unspecified atom stereocenters. The molecule has 1 amide bonds. The molecule has 2 aliphatic rings. The molecule has 4 atom stereocenters. The average Bonchev–Trinajstić information content (AvgIpc) is 2.63. The van der Waals surface area contributed by atoms with Crippen molar-refractivity contribution < 1.29 is 14.6 Å². The van der Waals surface area contributed by atoms with E-state index in [1.165, 1.54) is 0 Å². The quantitative estimate of drug-likeness (QED) is 0.625. The average molecular weight is 185 g/mol. The van der Waals surface area contributed by atoms with Gasteiger partial charge in [0, 0.05) is 7.05 Å². The van der Waals surface area contributed by atoms with Crippen LogP contribution in [0.25, 0.3) is 0 Å². The molecule has 2 fully saturated rings. The minimum atomic E-state index is -0.355. The van der Waals surface area contributed by atoms with Gasteiger partial charge in [0.2, 0.25) is 0 Å². The van der Waals surface area contributed by atoms with Crippen molar-refractivity contribution in [3.63, 3.8) is 0 Å². The molecule has 2 rings (SSSR count). The second-order valence-corrected chi connectivity index (χ2v) is 3.99. The van der Waals surface area contributed by atoms with E-state index in [0.29, 0.717) is 11.8 Å². The Kier molecular flexibility index (Phi) is 2.15. The molecule has 2 saturated carbocycles. The van der Waals surface area contributed by atoms with Crippen molar-refractivity contribution in [3.8, 4) is 0 Å². The number of fused-ring (bicyclic) bond motifs is 2. The van der Waals surface area contributed by atoms with Gasteiger partial charge in [-0.2, -0.15) is 0 Å². The summed E-state index contributed by atoms with van der Waals surface area (Å²) >= 11 is 0. The summed E-state index contributed by atoms with van der Waals surface area (Å²) in [7, 11) is 1.56. The first-order valence-electron chi connectivity index (χ1n) is 4.77. The van der Waals surface area contributed by atoms with Gasteiger partial charge in [-0.25, -0.2) is 4.79 Å². The van der Waals surface area contributed by atoms with E-state index in [1.54, 1.807) is 7.05 Å². The van der Waals surface area contributed by atoms with Crippen molar-refractivity contribution in [2.24, 2.45) is 11.8 Å². The first-order valence-corrected chi connectivity index (χ1v) is 4.77. The molecular formula is C9H15NO3. The van der Waals surface area contributed by atoms with E-state index in [1.807, 2.05) is 0 Å². The summed E-state index contributed by atoms with van der Waals surface area (Å²) in [5.74, 6) is 0.747. The van der Waals surface area contributed by atoms with Crippen molar-refractivity contribution in [1.82, 2.24) is 5.32 Å². The fourth-order valence-electron chi connectivity index (χ4n) is 2.53. The number of nitrogens with one attached hydrogen (secondary N) is 1. The molecule has 0 aromatic heterocycles. The normalized spacial score (nSPS) is 42.0. The Balaban J connectivity index is 1.88. The van der Waals surface area contributed by atoms with Gasteiger partial charge in [0.1, 0.15) is 6.10 Å². The standard InChI is InChI=1S/C9H15NO3/c1-10-9(12)13-8-4-5-2-6(8)3-7(5)11/h5-8,11H,2-4H2,1H3,(H,10,12)/t5?,6-,7?,8?/m0/s1. The first-order chi connectivity index (χ1) is 6.20. The van der Waals surface area contributed by atoms with Gasteiger partial charge in [0.15, 0.2) is 0 Å². The largest absolute Gasteiger partial charge is 0.446 e. The molecule has 2 aliphatic carbocycles. The van der Waals surface area contributed by atoms with Crippen LogP contribution in [0.15, 0.2) is 0 Å². The van der Waals surface area contributed by atoms with Gasteiger partial charge in [0.25, 0.3) is 0 Å². The minimum absolute atomic E-state index is 0.0355. The van der Waals surface area contributed by atoms with Crippen LogP contribution in [-0.4, -0.2) is 30.5 Å². The highest BCUT2D eigenvalue weighted by Gasteiger charge is 2.46. The Morgan fingerprint density at radius 2 is 2.15 bits per heavy atom. The highest BCUT2D eigenvalue weighted by atomic mass is 16.6. The highest BCUT2D eigenvalue weighted by molar-refractivity contribution is 5.66. The first kappa shape index (κ1) is 8.81. The van der Waals surface area contributed by atoms with Crippen molar-refractivity contribution in [3.05, 3.63) is 0 Å². The number of ether oxygens (including phenoxy) is 1. The summed E-state index contributed by atoms with van der Waals surface area (Å²) in [6, 6.07) is 0. The smallest absolute Gasteiger partial charge is 0.407 e. The predicted octanol–water partition coefficient (Wildman–Crippen LogP) is 0.502. The number of rotatable bonds is 1. The topological polar surface area (TPSA) is 58.6 Å². The zero-order valence-electron chi connectivity index (χ0n) is 7.69. The van der Waals surface area contributed by atoms with E-state index in [2.05, 4.69) is 5.32 Å². The minimum Gasteiger partial charge on any atom is -0.446 e. The van der Waals surface area contributed by atoms with Crippen LogP contribution in [0.3, 0.4) is 0 Å². The fourth-order valence-corrected chi connectivity index (χ4v) is 2.53. The van der Waals surface area contributed by atoms with Crippen molar-refractivity contribution in [1.29, 1.82) is 0 Å². The predicted molar refractivity (Wildman–Crippen MR) is 46.2 cm³/mol. The zero-order chi connectivity index (χ0) is 9.42. The summed E-state index contributed by atoms with van der Waals surface area (Å²) in [4.78, 5) is 10.9. The SMILES string of the molecule is CNC(=O)OC1CC2C[C@H]1CC2O. The van der Waals surface area contributed by atoms with Gasteiger partial charge in [-0.15, -0.1) is 0 Å². The summed E-state index contributed by atoms with van der Waals surface area (Å²) in [5.41, 5.74) is 0. The molecule has 0 saturated heterocycles. The summed E-state index contributed by atoms with van der Waals surface area (Å²) in [6.07, 6.45) is 2.17. The number of carbonyl (C=O) groups is 1. The molecule has 0 aromatic rings. The number of hydrogen-bond donors (Lipinski definition) is 2. The summed E-state index contributed by atoms with van der Waals surface area (Å²) in [5, 5.41) is 11.9. The molecule has 2 N–H and O–H groups in total. The molecule has 0 spiro atoms. The number of hydrogen-bond acceptors (Lipinski definition) is 3. The van der Waals surface area contributed by atoms with Gasteiger partial charge in [0.05, 0.1) is 6.10 Å². The number of amides is 1. The maximum atomic E-state index is 10.9. The van der Waals surface area contributed by atoms with Crippen LogP contribution >= 0.6 is 0 Å². The van der Waals surface area contributed by atoms with Gasteiger partial charge in [-0.05, 0) is 31.1 Å². The fraction of sp³-hybridized carbons (Fsp3) is 0.889. The van der Waals surface area contributed by atoms with E-state index in [9.17, 15) is 9.90 Å². The van der Waals surface area contributed by atoms with E-state index in [-0.39, 0.29) is 18.3 Å². The molecule has 0 aromatic carbocycles. The van der Waals surface area contributed by atoms with Gasteiger partial charge >= 0.3 is 6.09 Å². The van der Waals surface area contributed by atoms with Gasteiger partial charge in [-0.3, -0.25) is 0 Å². The van der Waals surface area contributed by atoms with Crippen LogP contribution in [0.1, 0.15) is 19.3 Å². The molecule has 4 nitrogen and oxygen atoms in total. The Hall–Kier alpha value is -0.770. The molecule has 0 heterocycles. The summed E-state index contributed by atoms with van der Waals surface area (Å²) in [6.45, 7) is 0. The van der Waals surface area contributed by atoms with Gasteiger partial charge in [-0.1, -0.05) is 0 Å². The lowest BCUT2D eigenvalue weighted by atomic mass is 9.95. The van der Waals surface area contributed by atoms with Gasteiger partial charge < -0.3 is 15.2 Å². The van der Waals surface area contributed by atoms with Crippen molar-refractivity contribution >= 4 is 6.09 Å². The number of carbonyl (C=O) groups excluding carboxylic acids is 1. The number of aliphatic hydroxyl groups excluding tert-OH is 1. The molecule has 0 aliphatic heterocycles. The summed E-state index contributed by atoms with van der Waals surface area (Å²) < 4.78 is 5.18. The molecule has 74 valence electrons. The van der Waals surface area contributed by atoms with Crippen molar-refractivity contribution in [2.75, 3.05) is 7.05 Å². The Bertz CT molecular complexity index is 217. The number of aliphatic hydroxyl groups is 1. The molecule has 13 heavy (non-hydrogen) atoms. The zero-order valence-corrected chi connectivity index (χ0v) is 7.69. The lowest BCUT2D eigenvalue weighted by molar-refractivity contribution is 0.0272. The van der Waals surface area contributed by atoms with E-state index >= 15 is 0 Å². The van der Waals surface area contributed by atoms with Crippen LogP contribution in [0.5, 0.6) is 0 Å². The lowest BCUT2D eigenvalue weighted by Crippen LogP contribution is -2.32. The molecular weight excluding hydrogens is 170 g/mol. The third-order valence-electron chi connectivity index (χ3n) is 3.22. The third-order valence-corrected chi connectivity index (χ3v) is 3.22. The highest BCUT2D eigenvalue weighted by Crippen LogP contribution is 2.45. The van der Waals surface area contributed by atoms with Crippen LogP contribution in [-0.2, 0) is 4.74 Å². The van der Waals surface area contributed by atoms with Crippen LogP contribution < -0.4 is 5.32 Å². The Morgan fingerprint density at radius 1 is 1.38 bits per heavy atom. The van der Waals surface area contributed by atoms with Crippen LogP contribution in [0.2, 0.25) is 0 Å². The Labute approximate surface area is 77.3 Å².